The summed E-state index contributed by atoms with van der Waals surface area (Å²) in [5, 5.41) is 3.10. The highest BCUT2D eigenvalue weighted by Gasteiger charge is 2.19. The van der Waals surface area contributed by atoms with Gasteiger partial charge >= 0.3 is 0 Å². The van der Waals surface area contributed by atoms with Crippen molar-refractivity contribution in [3.05, 3.63) is 29.8 Å². The van der Waals surface area contributed by atoms with Gasteiger partial charge in [-0.3, -0.25) is 0 Å². The van der Waals surface area contributed by atoms with Crippen LogP contribution in [-0.2, 0) is 11.3 Å². The van der Waals surface area contributed by atoms with Gasteiger partial charge in [0, 0.05) is 25.3 Å². The maximum atomic E-state index is 5.99. The third-order valence-corrected chi connectivity index (χ3v) is 3.71. The highest BCUT2D eigenvalue weighted by atomic mass is 127. The zero-order valence-electron chi connectivity index (χ0n) is 13.8. The lowest BCUT2D eigenvalue weighted by molar-refractivity contribution is 0.119. The van der Waals surface area contributed by atoms with Crippen LogP contribution in [0.5, 0.6) is 5.75 Å². The zero-order valence-corrected chi connectivity index (χ0v) is 16.1. The molecule has 2 rings (SSSR count). The number of guanidine groups is 1. The summed E-state index contributed by atoms with van der Waals surface area (Å²) in [6.07, 6.45) is 4.87. The van der Waals surface area contributed by atoms with E-state index in [0.717, 1.165) is 50.3 Å². The van der Waals surface area contributed by atoms with Crippen LogP contribution in [0.2, 0.25) is 0 Å². The molecule has 0 saturated heterocycles. The Balaban J connectivity index is 0.00000264. The predicted molar refractivity (Wildman–Crippen MR) is 105 cm³/mol. The summed E-state index contributed by atoms with van der Waals surface area (Å²) < 4.78 is 11.3. The molecule has 0 aliphatic heterocycles. The number of nitrogens with one attached hydrogen (secondary N) is 1. The highest BCUT2D eigenvalue weighted by Crippen LogP contribution is 2.27. The van der Waals surface area contributed by atoms with Crippen molar-refractivity contribution in [2.75, 3.05) is 19.8 Å². The average Bonchev–Trinajstić information content (AvgIpc) is 2.49. The maximum Gasteiger partial charge on any atom is 0.188 e. The Morgan fingerprint density at radius 1 is 1.35 bits per heavy atom. The van der Waals surface area contributed by atoms with Gasteiger partial charge in [-0.1, -0.05) is 18.2 Å². The van der Waals surface area contributed by atoms with Crippen molar-refractivity contribution in [1.82, 2.24) is 5.32 Å². The Bertz CT molecular complexity index is 479. The van der Waals surface area contributed by atoms with Crippen molar-refractivity contribution in [1.29, 1.82) is 0 Å². The summed E-state index contributed by atoms with van der Waals surface area (Å²) in [6.45, 7) is 4.80. The molecule has 0 radical (unpaired) electrons. The summed E-state index contributed by atoms with van der Waals surface area (Å²) in [5.41, 5.74) is 6.96. The quantitative estimate of drug-likeness (QED) is 0.272. The van der Waals surface area contributed by atoms with Gasteiger partial charge in [-0.2, -0.15) is 0 Å². The molecule has 3 N–H and O–H groups in total. The first-order valence-electron chi connectivity index (χ1n) is 8.15. The Hall–Kier alpha value is -1.02. The standard InChI is InChI=1S/C17H27N3O2.HI/c1-2-21-12-6-11-19-17(18)20-13-14-7-3-4-10-16(14)22-15-8-5-9-15;/h3-4,7,10,15H,2,5-6,8-9,11-13H2,1H3,(H3,18,19,20);1H. The van der Waals surface area contributed by atoms with Crippen molar-refractivity contribution in [2.24, 2.45) is 10.7 Å². The molecule has 5 nitrogen and oxygen atoms in total. The number of benzene rings is 1. The molecule has 0 amide bonds. The third-order valence-electron chi connectivity index (χ3n) is 3.71. The number of halogens is 1. The molecule has 0 unspecified atom stereocenters. The van der Waals surface area contributed by atoms with Gasteiger partial charge in [-0.25, -0.2) is 4.99 Å². The molecule has 0 spiro atoms. The number of nitrogens with zero attached hydrogens (tertiary/aromatic N) is 1. The van der Waals surface area contributed by atoms with E-state index in [9.17, 15) is 0 Å². The van der Waals surface area contributed by atoms with Crippen LogP contribution in [0.3, 0.4) is 0 Å². The van der Waals surface area contributed by atoms with Crippen molar-refractivity contribution in [3.63, 3.8) is 0 Å². The van der Waals surface area contributed by atoms with Gasteiger partial charge in [-0.15, -0.1) is 24.0 Å². The van der Waals surface area contributed by atoms with E-state index in [2.05, 4.69) is 10.3 Å². The molecule has 1 aliphatic rings. The van der Waals surface area contributed by atoms with Crippen molar-refractivity contribution in [2.45, 2.75) is 45.3 Å². The number of hydrogen-bond donors (Lipinski definition) is 2. The molecule has 1 saturated carbocycles. The maximum absolute atomic E-state index is 5.99. The topological polar surface area (TPSA) is 68.9 Å². The lowest BCUT2D eigenvalue weighted by Gasteiger charge is -2.27. The molecule has 1 aliphatic carbocycles. The molecule has 130 valence electrons. The highest BCUT2D eigenvalue weighted by molar-refractivity contribution is 14.0. The van der Waals surface area contributed by atoms with Crippen molar-refractivity contribution in [3.8, 4) is 5.75 Å². The van der Waals surface area contributed by atoms with Gasteiger partial charge in [0.25, 0.3) is 0 Å². The molecule has 23 heavy (non-hydrogen) atoms. The van der Waals surface area contributed by atoms with Crippen molar-refractivity contribution < 1.29 is 9.47 Å². The third kappa shape index (κ3) is 7.39. The predicted octanol–water partition coefficient (Wildman–Crippen LogP) is 3.07. The van der Waals surface area contributed by atoms with E-state index in [1.807, 2.05) is 31.2 Å². The van der Waals surface area contributed by atoms with E-state index in [-0.39, 0.29) is 24.0 Å². The molecule has 0 bridgehead atoms. The number of aliphatic imine (C=N–C) groups is 1. The summed E-state index contributed by atoms with van der Waals surface area (Å²) >= 11 is 0. The second kappa shape index (κ2) is 11.5. The number of nitrogens with two attached hydrogens (primary N) is 1. The van der Waals surface area contributed by atoms with Crippen LogP contribution < -0.4 is 15.8 Å². The first-order valence-corrected chi connectivity index (χ1v) is 8.15. The Labute approximate surface area is 156 Å². The van der Waals surface area contributed by atoms with E-state index in [0.29, 0.717) is 18.6 Å². The molecular weight excluding hydrogens is 405 g/mol. The van der Waals surface area contributed by atoms with Crippen LogP contribution >= 0.6 is 24.0 Å². The van der Waals surface area contributed by atoms with Crippen LogP contribution in [0.25, 0.3) is 0 Å². The van der Waals surface area contributed by atoms with E-state index in [1.165, 1.54) is 6.42 Å². The first-order chi connectivity index (χ1) is 10.8. The van der Waals surface area contributed by atoms with E-state index >= 15 is 0 Å². The van der Waals surface area contributed by atoms with Gasteiger partial charge in [0.1, 0.15) is 5.75 Å². The van der Waals surface area contributed by atoms with Gasteiger partial charge in [0.05, 0.1) is 12.6 Å². The minimum Gasteiger partial charge on any atom is -0.490 e. The fourth-order valence-corrected chi connectivity index (χ4v) is 2.18. The van der Waals surface area contributed by atoms with Gasteiger partial charge in [-0.05, 0) is 38.7 Å². The molecule has 1 aromatic carbocycles. The van der Waals surface area contributed by atoms with Gasteiger partial charge < -0.3 is 20.5 Å². The second-order valence-electron chi connectivity index (χ2n) is 5.46. The lowest BCUT2D eigenvalue weighted by Crippen LogP contribution is -2.32. The van der Waals surface area contributed by atoms with E-state index < -0.39 is 0 Å². The molecule has 0 heterocycles. The molecule has 0 atom stereocenters. The number of ether oxygens (including phenoxy) is 2. The molecule has 1 fully saturated rings. The van der Waals surface area contributed by atoms with Crippen LogP contribution in [0.15, 0.2) is 29.3 Å². The molecule has 0 aromatic heterocycles. The Morgan fingerprint density at radius 3 is 2.83 bits per heavy atom. The fraction of sp³-hybridized carbons (Fsp3) is 0.588. The van der Waals surface area contributed by atoms with E-state index in [1.54, 1.807) is 0 Å². The molecule has 1 aromatic rings. The van der Waals surface area contributed by atoms with Crippen molar-refractivity contribution >= 4 is 29.9 Å². The minimum absolute atomic E-state index is 0. The largest absolute Gasteiger partial charge is 0.490 e. The normalized spacial score (nSPS) is 14.7. The van der Waals surface area contributed by atoms with Crippen LogP contribution in [-0.4, -0.2) is 31.8 Å². The van der Waals surface area contributed by atoms with E-state index in [4.69, 9.17) is 15.2 Å². The number of hydrogen-bond acceptors (Lipinski definition) is 3. The monoisotopic (exact) mass is 433 g/mol. The summed E-state index contributed by atoms with van der Waals surface area (Å²) in [4.78, 5) is 4.39. The van der Waals surface area contributed by atoms with Gasteiger partial charge in [0.15, 0.2) is 5.96 Å². The number of rotatable bonds is 9. The molecular formula is C17H28IN3O2. The second-order valence-corrected chi connectivity index (χ2v) is 5.46. The number of para-hydroxylation sites is 1. The zero-order chi connectivity index (χ0) is 15.6. The fourth-order valence-electron chi connectivity index (χ4n) is 2.18. The Kier molecular flexibility index (Phi) is 10.0. The Morgan fingerprint density at radius 2 is 2.13 bits per heavy atom. The average molecular weight is 433 g/mol. The summed E-state index contributed by atoms with van der Waals surface area (Å²) in [6, 6.07) is 8.05. The van der Waals surface area contributed by atoms with Crippen LogP contribution in [0, 0.1) is 0 Å². The molecule has 6 heteroatoms. The first kappa shape index (κ1) is 20.0. The van der Waals surface area contributed by atoms with Crippen LogP contribution in [0.1, 0.15) is 38.2 Å². The summed E-state index contributed by atoms with van der Waals surface area (Å²) in [5.74, 6) is 1.40. The van der Waals surface area contributed by atoms with Crippen LogP contribution in [0.4, 0.5) is 0 Å². The smallest absolute Gasteiger partial charge is 0.188 e. The SMILES string of the molecule is CCOCCCNC(N)=NCc1ccccc1OC1CCC1.I. The lowest BCUT2D eigenvalue weighted by atomic mass is 9.96. The minimum atomic E-state index is 0. The van der Waals surface area contributed by atoms with Gasteiger partial charge in [0.2, 0.25) is 0 Å². The summed E-state index contributed by atoms with van der Waals surface area (Å²) in [7, 11) is 0.